The maximum atomic E-state index is 12.7. The zero-order chi connectivity index (χ0) is 14.9. The van der Waals surface area contributed by atoms with Crippen molar-refractivity contribution in [2.24, 2.45) is 5.92 Å². The summed E-state index contributed by atoms with van der Waals surface area (Å²) >= 11 is 0. The fourth-order valence-electron chi connectivity index (χ4n) is 2.63. The molecule has 0 saturated heterocycles. The summed E-state index contributed by atoms with van der Waals surface area (Å²) in [5.41, 5.74) is 0.474. The van der Waals surface area contributed by atoms with Gasteiger partial charge in [-0.1, -0.05) is 20.3 Å². The van der Waals surface area contributed by atoms with E-state index < -0.39 is 12.0 Å². The Morgan fingerprint density at radius 1 is 1.30 bits per heavy atom. The van der Waals surface area contributed by atoms with Crippen molar-refractivity contribution in [3.8, 4) is 0 Å². The van der Waals surface area contributed by atoms with Crippen molar-refractivity contribution >= 4 is 5.78 Å². The van der Waals surface area contributed by atoms with Crippen molar-refractivity contribution < 1.29 is 18.0 Å². The van der Waals surface area contributed by atoms with Gasteiger partial charge in [0.05, 0.1) is 11.3 Å². The Morgan fingerprint density at radius 2 is 1.95 bits per heavy atom. The minimum absolute atomic E-state index is 0.221. The monoisotopic (exact) mass is 288 g/mol. The molecule has 0 spiro atoms. The van der Waals surface area contributed by atoms with Gasteiger partial charge in [-0.25, -0.2) is 0 Å². The molecule has 1 heterocycles. The summed E-state index contributed by atoms with van der Waals surface area (Å²) in [5, 5.41) is 4.25. The summed E-state index contributed by atoms with van der Waals surface area (Å²) in [7, 11) is 0. The van der Waals surface area contributed by atoms with E-state index in [-0.39, 0.29) is 11.3 Å². The highest BCUT2D eigenvalue weighted by Crippen LogP contribution is 2.31. The molecular formula is C14H19F3N2O. The molecule has 3 nitrogen and oxygen atoms in total. The van der Waals surface area contributed by atoms with E-state index in [9.17, 15) is 18.0 Å². The first-order valence-corrected chi connectivity index (χ1v) is 7.08. The molecule has 0 amide bonds. The van der Waals surface area contributed by atoms with Gasteiger partial charge in [-0.3, -0.25) is 9.48 Å². The lowest BCUT2D eigenvalue weighted by Gasteiger charge is -2.25. The van der Waals surface area contributed by atoms with Crippen LogP contribution in [0, 0.1) is 5.92 Å². The fourth-order valence-corrected chi connectivity index (χ4v) is 2.63. The smallest absolute Gasteiger partial charge is 0.284 e. The lowest BCUT2D eigenvalue weighted by Crippen LogP contribution is -2.25. The number of carbonyl (C=O) groups is 1. The summed E-state index contributed by atoms with van der Waals surface area (Å²) in [4.78, 5) is 11.6. The first-order chi connectivity index (χ1) is 9.38. The molecule has 0 aromatic carbocycles. The van der Waals surface area contributed by atoms with Crippen LogP contribution in [0.15, 0.2) is 0 Å². The number of aromatic nitrogens is 2. The van der Waals surface area contributed by atoms with Crippen LogP contribution in [-0.4, -0.2) is 21.7 Å². The summed E-state index contributed by atoms with van der Waals surface area (Å²) < 4.78 is 39.8. The van der Waals surface area contributed by atoms with Crippen LogP contribution in [0.1, 0.15) is 54.9 Å². The molecule has 112 valence electrons. The molecule has 0 aliphatic heterocycles. The SMILES string of the molecule is CCc1nn(CC2CCC2)c(CC)c1C(=O)C(F)(F)F. The molecule has 0 bridgehead atoms. The third-order valence-corrected chi connectivity index (χ3v) is 3.94. The average molecular weight is 288 g/mol. The van der Waals surface area contributed by atoms with Gasteiger partial charge < -0.3 is 0 Å². The van der Waals surface area contributed by atoms with Gasteiger partial charge in [0, 0.05) is 12.2 Å². The van der Waals surface area contributed by atoms with E-state index in [4.69, 9.17) is 0 Å². The molecule has 6 heteroatoms. The Balaban J connectivity index is 2.40. The van der Waals surface area contributed by atoms with Crippen LogP contribution in [0.5, 0.6) is 0 Å². The van der Waals surface area contributed by atoms with Gasteiger partial charge in [-0.15, -0.1) is 0 Å². The standard InChI is InChI=1S/C14H19F3N2O/c1-3-10-12(13(20)14(15,16)17)11(4-2)19(18-10)8-9-6-5-7-9/h9H,3-8H2,1-2H3. The number of ketones is 1. The highest BCUT2D eigenvalue weighted by Gasteiger charge is 2.43. The summed E-state index contributed by atoms with van der Waals surface area (Å²) in [6.45, 7) is 4.12. The summed E-state index contributed by atoms with van der Waals surface area (Å²) in [6, 6.07) is 0. The van der Waals surface area contributed by atoms with Gasteiger partial charge in [0.2, 0.25) is 0 Å². The number of alkyl halides is 3. The van der Waals surface area contributed by atoms with Gasteiger partial charge >= 0.3 is 6.18 Å². The maximum absolute atomic E-state index is 12.7. The third-order valence-electron chi connectivity index (χ3n) is 3.94. The van der Waals surface area contributed by atoms with Crippen LogP contribution < -0.4 is 0 Å². The second kappa shape index (κ2) is 5.58. The maximum Gasteiger partial charge on any atom is 0.455 e. The Hall–Kier alpha value is -1.33. The van der Waals surface area contributed by atoms with Crippen molar-refractivity contribution in [1.82, 2.24) is 9.78 Å². The number of nitrogens with zero attached hydrogens (tertiary/aromatic N) is 2. The molecule has 1 aromatic heterocycles. The lowest BCUT2D eigenvalue weighted by molar-refractivity contribution is -0.0886. The van der Waals surface area contributed by atoms with E-state index in [1.165, 1.54) is 6.42 Å². The van der Waals surface area contributed by atoms with Crippen LogP contribution in [0.2, 0.25) is 0 Å². The Labute approximate surface area is 116 Å². The molecule has 1 aliphatic carbocycles. The number of hydrogen-bond donors (Lipinski definition) is 0. The second-order valence-electron chi connectivity index (χ2n) is 5.28. The first kappa shape index (κ1) is 15.1. The lowest BCUT2D eigenvalue weighted by atomic mass is 9.85. The first-order valence-electron chi connectivity index (χ1n) is 7.08. The highest BCUT2D eigenvalue weighted by molar-refractivity contribution is 6.02. The molecule has 1 saturated carbocycles. The van der Waals surface area contributed by atoms with Gasteiger partial charge in [0.15, 0.2) is 0 Å². The normalized spacial score (nSPS) is 16.2. The summed E-state index contributed by atoms with van der Waals surface area (Å²) in [5.74, 6) is -1.27. The Kier molecular flexibility index (Phi) is 4.20. The topological polar surface area (TPSA) is 34.9 Å². The molecule has 0 unspecified atom stereocenters. The molecule has 0 radical (unpaired) electrons. The molecule has 1 aliphatic rings. The number of carbonyl (C=O) groups excluding carboxylic acids is 1. The zero-order valence-electron chi connectivity index (χ0n) is 11.8. The van der Waals surface area contributed by atoms with Gasteiger partial charge in [-0.05, 0) is 31.6 Å². The van der Waals surface area contributed by atoms with Crippen molar-refractivity contribution in [3.05, 3.63) is 17.0 Å². The van der Waals surface area contributed by atoms with E-state index >= 15 is 0 Å². The highest BCUT2D eigenvalue weighted by atomic mass is 19.4. The van der Waals surface area contributed by atoms with E-state index in [0.717, 1.165) is 12.8 Å². The Bertz CT molecular complexity index is 501. The third kappa shape index (κ3) is 2.74. The van der Waals surface area contributed by atoms with Crippen LogP contribution in [-0.2, 0) is 19.4 Å². The predicted molar refractivity (Wildman–Crippen MR) is 68.7 cm³/mol. The van der Waals surface area contributed by atoms with Crippen LogP contribution in [0.4, 0.5) is 13.2 Å². The Morgan fingerprint density at radius 3 is 2.35 bits per heavy atom. The second-order valence-corrected chi connectivity index (χ2v) is 5.28. The molecular weight excluding hydrogens is 269 g/mol. The molecule has 1 fully saturated rings. The largest absolute Gasteiger partial charge is 0.455 e. The van der Waals surface area contributed by atoms with Gasteiger partial charge in [0.25, 0.3) is 5.78 Å². The van der Waals surface area contributed by atoms with Gasteiger partial charge in [-0.2, -0.15) is 18.3 Å². The van der Waals surface area contributed by atoms with Crippen LogP contribution in [0.25, 0.3) is 0 Å². The molecule has 0 N–H and O–H groups in total. The molecule has 0 atom stereocenters. The molecule has 1 aromatic rings. The number of aryl methyl sites for hydroxylation is 1. The fraction of sp³-hybridized carbons (Fsp3) is 0.714. The minimum Gasteiger partial charge on any atom is -0.284 e. The number of halogens is 3. The van der Waals surface area contributed by atoms with Crippen molar-refractivity contribution in [2.45, 2.75) is 58.7 Å². The number of hydrogen-bond acceptors (Lipinski definition) is 2. The van der Waals surface area contributed by atoms with Crippen molar-refractivity contribution in [3.63, 3.8) is 0 Å². The van der Waals surface area contributed by atoms with E-state index in [1.54, 1.807) is 18.5 Å². The van der Waals surface area contributed by atoms with E-state index in [2.05, 4.69) is 5.10 Å². The quantitative estimate of drug-likeness (QED) is 0.777. The van der Waals surface area contributed by atoms with Crippen LogP contribution in [0.3, 0.4) is 0 Å². The van der Waals surface area contributed by atoms with Crippen molar-refractivity contribution in [1.29, 1.82) is 0 Å². The molecule has 20 heavy (non-hydrogen) atoms. The van der Waals surface area contributed by atoms with E-state index in [1.807, 2.05) is 0 Å². The summed E-state index contributed by atoms with van der Waals surface area (Å²) in [6.07, 6.45) is -0.765. The average Bonchev–Trinajstić information content (AvgIpc) is 2.68. The van der Waals surface area contributed by atoms with Crippen molar-refractivity contribution in [2.75, 3.05) is 0 Å². The predicted octanol–water partition coefficient (Wildman–Crippen LogP) is 3.55. The molecule has 2 rings (SSSR count). The van der Waals surface area contributed by atoms with Crippen LogP contribution >= 0.6 is 0 Å². The number of Topliss-reactive ketones (excluding diaryl/α,β-unsaturated/α-hetero) is 1. The zero-order valence-corrected chi connectivity index (χ0v) is 11.8. The van der Waals surface area contributed by atoms with Gasteiger partial charge in [0.1, 0.15) is 0 Å². The minimum atomic E-state index is -4.84. The number of rotatable bonds is 5. The van der Waals surface area contributed by atoms with E-state index in [0.29, 0.717) is 31.0 Å².